The minimum absolute atomic E-state index is 0.0159. The fourth-order valence-electron chi connectivity index (χ4n) is 2.35. The molecular formula is C16H23N3O2. The molecule has 0 aliphatic heterocycles. The Morgan fingerprint density at radius 2 is 2.19 bits per heavy atom. The Hall–Kier alpha value is -1.85. The second-order valence-electron chi connectivity index (χ2n) is 5.08. The van der Waals surface area contributed by atoms with E-state index in [-0.39, 0.29) is 5.91 Å². The first kappa shape index (κ1) is 15.5. The number of nitrogens with one attached hydrogen (secondary N) is 3. The molecule has 0 radical (unpaired) electrons. The Labute approximate surface area is 125 Å². The molecule has 0 saturated heterocycles. The molecule has 0 aliphatic carbocycles. The minimum atomic E-state index is 0.0159. The highest BCUT2D eigenvalue weighted by molar-refractivity contribution is 5.86. The van der Waals surface area contributed by atoms with E-state index in [1.54, 1.807) is 7.11 Å². The Morgan fingerprint density at radius 1 is 1.33 bits per heavy atom. The lowest BCUT2D eigenvalue weighted by Gasteiger charge is -2.06. The van der Waals surface area contributed by atoms with Crippen molar-refractivity contribution in [2.75, 3.05) is 33.4 Å². The summed E-state index contributed by atoms with van der Waals surface area (Å²) in [5.74, 6) is 0.0159. The number of amides is 1. The second kappa shape index (κ2) is 7.81. The van der Waals surface area contributed by atoms with E-state index in [0.29, 0.717) is 26.2 Å². The number of carbonyl (C=O) groups excluding carboxylic acids is 1. The van der Waals surface area contributed by atoms with Gasteiger partial charge in [0.2, 0.25) is 5.91 Å². The monoisotopic (exact) mass is 289 g/mol. The third-order valence-corrected chi connectivity index (χ3v) is 3.49. The number of fused-ring (bicyclic) bond motifs is 1. The molecule has 5 nitrogen and oxygen atoms in total. The number of benzene rings is 1. The van der Waals surface area contributed by atoms with Crippen molar-refractivity contribution in [1.82, 2.24) is 15.6 Å². The van der Waals surface area contributed by atoms with Gasteiger partial charge in [-0.2, -0.15) is 0 Å². The normalized spacial score (nSPS) is 11.0. The number of aryl methyl sites for hydroxylation is 1. The lowest BCUT2D eigenvalue weighted by atomic mass is 10.1. The molecule has 0 unspecified atom stereocenters. The lowest BCUT2D eigenvalue weighted by molar-refractivity contribution is -0.120. The maximum absolute atomic E-state index is 11.6. The molecule has 3 N–H and O–H groups in total. The zero-order chi connectivity index (χ0) is 15.1. The molecule has 0 atom stereocenters. The van der Waals surface area contributed by atoms with E-state index in [4.69, 9.17) is 4.74 Å². The van der Waals surface area contributed by atoms with Crippen LogP contribution in [0.25, 0.3) is 10.9 Å². The first-order chi connectivity index (χ1) is 10.2. The van der Waals surface area contributed by atoms with Crippen molar-refractivity contribution in [3.63, 3.8) is 0 Å². The van der Waals surface area contributed by atoms with Gasteiger partial charge in [-0.05, 0) is 24.5 Å². The Balaban J connectivity index is 1.77. The van der Waals surface area contributed by atoms with Crippen molar-refractivity contribution < 1.29 is 9.53 Å². The number of methoxy groups -OCH3 is 1. The highest BCUT2D eigenvalue weighted by Gasteiger charge is 2.06. The molecule has 2 aromatic rings. The summed E-state index contributed by atoms with van der Waals surface area (Å²) in [6.07, 6.45) is 2.86. The van der Waals surface area contributed by atoms with Gasteiger partial charge >= 0.3 is 0 Å². The van der Waals surface area contributed by atoms with Gasteiger partial charge in [-0.1, -0.05) is 18.2 Å². The van der Waals surface area contributed by atoms with E-state index in [0.717, 1.165) is 6.42 Å². The third-order valence-electron chi connectivity index (χ3n) is 3.49. The van der Waals surface area contributed by atoms with Crippen LogP contribution in [0.3, 0.4) is 0 Å². The standard InChI is InChI=1S/C16H23N3O2/c1-12-4-3-5-14-13(10-19-16(12)14)6-7-18-15(20)11-17-8-9-21-2/h3-5,10,17,19H,6-9,11H2,1-2H3,(H,18,20). The van der Waals surface area contributed by atoms with Gasteiger partial charge < -0.3 is 20.4 Å². The van der Waals surface area contributed by atoms with Crippen LogP contribution in [-0.4, -0.2) is 44.2 Å². The zero-order valence-electron chi connectivity index (χ0n) is 12.7. The van der Waals surface area contributed by atoms with E-state index < -0.39 is 0 Å². The van der Waals surface area contributed by atoms with Crippen LogP contribution in [0.2, 0.25) is 0 Å². The van der Waals surface area contributed by atoms with Gasteiger partial charge in [-0.15, -0.1) is 0 Å². The number of ether oxygens (including phenoxy) is 1. The molecule has 0 saturated carbocycles. The van der Waals surface area contributed by atoms with Crippen LogP contribution < -0.4 is 10.6 Å². The molecule has 1 amide bonds. The fraction of sp³-hybridized carbons (Fsp3) is 0.438. The predicted octanol–water partition coefficient (Wildman–Crippen LogP) is 1.37. The molecule has 2 rings (SSSR count). The van der Waals surface area contributed by atoms with E-state index in [1.165, 1.54) is 22.0 Å². The SMILES string of the molecule is COCCNCC(=O)NCCc1c[nH]c2c(C)cccc12. The maximum atomic E-state index is 11.6. The van der Waals surface area contributed by atoms with Crippen molar-refractivity contribution in [1.29, 1.82) is 0 Å². The first-order valence-electron chi connectivity index (χ1n) is 7.24. The smallest absolute Gasteiger partial charge is 0.233 e. The van der Waals surface area contributed by atoms with Crippen molar-refractivity contribution in [3.8, 4) is 0 Å². The first-order valence-corrected chi connectivity index (χ1v) is 7.24. The maximum Gasteiger partial charge on any atom is 0.233 e. The summed E-state index contributed by atoms with van der Waals surface area (Å²) in [4.78, 5) is 14.9. The number of H-pyrrole nitrogens is 1. The number of hydrogen-bond donors (Lipinski definition) is 3. The summed E-state index contributed by atoms with van der Waals surface area (Å²) in [5, 5.41) is 7.18. The molecule has 0 aliphatic rings. The van der Waals surface area contributed by atoms with Crippen LogP contribution in [0.4, 0.5) is 0 Å². The average Bonchev–Trinajstić information content (AvgIpc) is 2.89. The molecule has 1 aromatic carbocycles. The van der Waals surface area contributed by atoms with Crippen LogP contribution in [0.15, 0.2) is 24.4 Å². The highest BCUT2D eigenvalue weighted by Crippen LogP contribution is 2.21. The van der Waals surface area contributed by atoms with Gasteiger partial charge in [0.25, 0.3) is 0 Å². The van der Waals surface area contributed by atoms with Crippen molar-refractivity contribution >= 4 is 16.8 Å². The fourth-order valence-corrected chi connectivity index (χ4v) is 2.35. The van der Waals surface area contributed by atoms with Crippen molar-refractivity contribution in [3.05, 3.63) is 35.5 Å². The van der Waals surface area contributed by atoms with Gasteiger partial charge in [0, 0.05) is 37.3 Å². The van der Waals surface area contributed by atoms with E-state index in [2.05, 4.69) is 40.7 Å². The molecule has 21 heavy (non-hydrogen) atoms. The molecule has 5 heteroatoms. The summed E-state index contributed by atoms with van der Waals surface area (Å²) < 4.78 is 4.91. The van der Waals surface area contributed by atoms with Crippen LogP contribution in [-0.2, 0) is 16.0 Å². The van der Waals surface area contributed by atoms with E-state index in [1.807, 2.05) is 6.20 Å². The quantitative estimate of drug-likeness (QED) is 0.643. The number of carbonyl (C=O) groups is 1. The molecule has 114 valence electrons. The third kappa shape index (κ3) is 4.31. The molecule has 1 heterocycles. The van der Waals surface area contributed by atoms with Crippen molar-refractivity contribution in [2.45, 2.75) is 13.3 Å². The molecule has 1 aromatic heterocycles. The van der Waals surface area contributed by atoms with Gasteiger partial charge in [0.15, 0.2) is 0 Å². The van der Waals surface area contributed by atoms with Crippen molar-refractivity contribution in [2.24, 2.45) is 0 Å². The number of rotatable bonds is 8. The predicted molar refractivity (Wildman–Crippen MR) is 84.5 cm³/mol. The molecule has 0 fully saturated rings. The van der Waals surface area contributed by atoms with Crippen LogP contribution in [0.1, 0.15) is 11.1 Å². The van der Waals surface area contributed by atoms with Gasteiger partial charge in [-0.25, -0.2) is 0 Å². The van der Waals surface area contributed by atoms with Crippen LogP contribution >= 0.6 is 0 Å². The summed E-state index contributed by atoms with van der Waals surface area (Å²) in [5.41, 5.74) is 3.66. The lowest BCUT2D eigenvalue weighted by Crippen LogP contribution is -2.36. The number of aromatic amines is 1. The summed E-state index contributed by atoms with van der Waals surface area (Å²) in [6.45, 7) is 4.37. The summed E-state index contributed by atoms with van der Waals surface area (Å²) in [6, 6.07) is 6.27. The average molecular weight is 289 g/mol. The summed E-state index contributed by atoms with van der Waals surface area (Å²) in [7, 11) is 1.64. The topological polar surface area (TPSA) is 66.2 Å². The molecule has 0 bridgehead atoms. The van der Waals surface area contributed by atoms with Crippen LogP contribution in [0, 0.1) is 6.92 Å². The Kier molecular flexibility index (Phi) is 5.78. The van der Waals surface area contributed by atoms with E-state index >= 15 is 0 Å². The number of para-hydroxylation sites is 1. The summed E-state index contributed by atoms with van der Waals surface area (Å²) >= 11 is 0. The number of aromatic nitrogens is 1. The molecule has 0 spiro atoms. The second-order valence-corrected chi connectivity index (χ2v) is 5.08. The highest BCUT2D eigenvalue weighted by atomic mass is 16.5. The Bertz CT molecular complexity index is 592. The van der Waals surface area contributed by atoms with Gasteiger partial charge in [0.1, 0.15) is 0 Å². The molecular weight excluding hydrogens is 266 g/mol. The van der Waals surface area contributed by atoms with Gasteiger partial charge in [0.05, 0.1) is 13.2 Å². The largest absolute Gasteiger partial charge is 0.383 e. The zero-order valence-corrected chi connectivity index (χ0v) is 12.7. The Morgan fingerprint density at radius 3 is 3.00 bits per heavy atom. The minimum Gasteiger partial charge on any atom is -0.383 e. The van der Waals surface area contributed by atoms with Crippen LogP contribution in [0.5, 0.6) is 0 Å². The van der Waals surface area contributed by atoms with E-state index in [9.17, 15) is 4.79 Å². The number of hydrogen-bond acceptors (Lipinski definition) is 3. The van der Waals surface area contributed by atoms with Gasteiger partial charge in [-0.3, -0.25) is 4.79 Å².